The summed E-state index contributed by atoms with van der Waals surface area (Å²) in [5.41, 5.74) is 0.284. The maximum absolute atomic E-state index is 12.0. The number of carboxylic acids is 1. The fourth-order valence-electron chi connectivity index (χ4n) is 1.82. The van der Waals surface area contributed by atoms with Crippen LogP contribution in [0, 0.1) is 0 Å². The molecule has 2 heterocycles. The molecule has 9 heteroatoms. The zero-order valence-electron chi connectivity index (χ0n) is 10.7. The second-order valence-electron chi connectivity index (χ2n) is 4.40. The third-order valence-corrected chi connectivity index (χ3v) is 3.95. The maximum atomic E-state index is 12.0. The third-order valence-electron chi connectivity index (χ3n) is 2.79. The van der Waals surface area contributed by atoms with E-state index < -0.39 is 28.4 Å². The predicted molar refractivity (Wildman–Crippen MR) is 70.4 cm³/mol. The largest absolute Gasteiger partial charge is 0.480 e. The lowest BCUT2D eigenvalue weighted by Gasteiger charge is -2.27. The number of hydrogen-bond donors (Lipinski definition) is 1. The van der Waals surface area contributed by atoms with Gasteiger partial charge in [0, 0.05) is 19.8 Å². The van der Waals surface area contributed by atoms with Crippen LogP contribution < -0.4 is 0 Å². The SMILES string of the molecule is CN(CC(=O)O)C(=O)C1=CN2CCS(=O)(=O)N=C2C=C1. The maximum Gasteiger partial charge on any atom is 0.323 e. The molecule has 1 amide bonds. The Bertz CT molecular complexity index is 647. The van der Waals surface area contributed by atoms with Gasteiger partial charge in [0.05, 0.1) is 11.3 Å². The summed E-state index contributed by atoms with van der Waals surface area (Å²) in [7, 11) is -2.05. The number of aliphatic carboxylic acids is 1. The molecular formula is C11H13N3O5S. The molecule has 0 atom stereocenters. The van der Waals surface area contributed by atoms with Crippen molar-refractivity contribution in [3.05, 3.63) is 23.9 Å². The van der Waals surface area contributed by atoms with E-state index in [9.17, 15) is 18.0 Å². The Morgan fingerprint density at radius 3 is 2.80 bits per heavy atom. The molecule has 8 nitrogen and oxygen atoms in total. The van der Waals surface area contributed by atoms with E-state index in [1.165, 1.54) is 25.4 Å². The highest BCUT2D eigenvalue weighted by atomic mass is 32.2. The predicted octanol–water partition coefficient (Wildman–Crippen LogP) is -0.973. The van der Waals surface area contributed by atoms with Gasteiger partial charge in [-0.25, -0.2) is 8.42 Å². The van der Waals surface area contributed by atoms with Crippen LogP contribution in [0.5, 0.6) is 0 Å². The Balaban J connectivity index is 2.18. The number of carbonyl (C=O) groups excluding carboxylic acids is 1. The van der Waals surface area contributed by atoms with Crippen LogP contribution in [0.25, 0.3) is 0 Å². The Morgan fingerprint density at radius 1 is 1.45 bits per heavy atom. The van der Waals surface area contributed by atoms with Crippen molar-refractivity contribution in [2.45, 2.75) is 0 Å². The average Bonchev–Trinajstić information content (AvgIpc) is 2.35. The molecule has 0 radical (unpaired) electrons. The summed E-state index contributed by atoms with van der Waals surface area (Å²) >= 11 is 0. The quantitative estimate of drug-likeness (QED) is 0.718. The lowest BCUT2D eigenvalue weighted by molar-refractivity contribution is -0.142. The molecule has 0 fully saturated rings. The topological polar surface area (TPSA) is 107 Å². The molecule has 0 aromatic carbocycles. The van der Waals surface area contributed by atoms with Crippen LogP contribution in [0.15, 0.2) is 28.3 Å². The molecule has 0 saturated carbocycles. The van der Waals surface area contributed by atoms with Crippen molar-refractivity contribution in [2.24, 2.45) is 4.40 Å². The minimum absolute atomic E-state index is 0.118. The first kappa shape index (κ1) is 14.3. The first-order valence-electron chi connectivity index (χ1n) is 5.75. The molecule has 0 aliphatic carbocycles. The van der Waals surface area contributed by atoms with Crippen LogP contribution in [0.3, 0.4) is 0 Å². The first-order valence-corrected chi connectivity index (χ1v) is 7.36. The van der Waals surface area contributed by atoms with Gasteiger partial charge in [-0.15, -0.1) is 4.40 Å². The van der Waals surface area contributed by atoms with Gasteiger partial charge in [-0.2, -0.15) is 0 Å². The summed E-state index contributed by atoms with van der Waals surface area (Å²) < 4.78 is 26.3. The Kier molecular flexibility index (Phi) is 3.62. The van der Waals surface area contributed by atoms with Crippen molar-refractivity contribution in [1.29, 1.82) is 0 Å². The molecule has 108 valence electrons. The molecule has 0 aromatic heterocycles. The summed E-state index contributed by atoms with van der Waals surface area (Å²) in [4.78, 5) is 25.2. The van der Waals surface area contributed by atoms with Gasteiger partial charge >= 0.3 is 5.97 Å². The molecule has 0 unspecified atom stereocenters. The van der Waals surface area contributed by atoms with Gasteiger partial charge < -0.3 is 14.9 Å². The number of amides is 1. The molecule has 0 bridgehead atoms. The summed E-state index contributed by atoms with van der Waals surface area (Å²) in [5.74, 6) is -1.41. The Hall–Kier alpha value is -2.16. The van der Waals surface area contributed by atoms with Crippen molar-refractivity contribution in [1.82, 2.24) is 9.80 Å². The van der Waals surface area contributed by atoms with Gasteiger partial charge in [-0.1, -0.05) is 0 Å². The highest BCUT2D eigenvalue weighted by molar-refractivity contribution is 7.90. The molecule has 0 aromatic rings. The minimum Gasteiger partial charge on any atom is -0.480 e. The van der Waals surface area contributed by atoms with E-state index in [0.29, 0.717) is 0 Å². The fourth-order valence-corrected chi connectivity index (χ4v) is 2.79. The van der Waals surface area contributed by atoms with Crippen molar-refractivity contribution >= 4 is 27.7 Å². The smallest absolute Gasteiger partial charge is 0.323 e. The number of amidine groups is 1. The van der Waals surface area contributed by atoms with E-state index in [0.717, 1.165) is 4.90 Å². The van der Waals surface area contributed by atoms with E-state index in [1.54, 1.807) is 4.90 Å². The summed E-state index contributed by atoms with van der Waals surface area (Å²) in [6.07, 6.45) is 4.34. The molecule has 20 heavy (non-hydrogen) atoms. The number of likely N-dealkylation sites (N-methyl/N-ethyl adjacent to an activating group) is 1. The van der Waals surface area contributed by atoms with Crippen LogP contribution in [0.1, 0.15) is 0 Å². The van der Waals surface area contributed by atoms with Gasteiger partial charge in [0.2, 0.25) is 0 Å². The highest BCUT2D eigenvalue weighted by Crippen LogP contribution is 2.16. The van der Waals surface area contributed by atoms with E-state index in [4.69, 9.17) is 5.11 Å². The highest BCUT2D eigenvalue weighted by Gasteiger charge is 2.26. The van der Waals surface area contributed by atoms with Crippen LogP contribution in [0.2, 0.25) is 0 Å². The zero-order valence-corrected chi connectivity index (χ0v) is 11.5. The van der Waals surface area contributed by atoms with Crippen LogP contribution in [0.4, 0.5) is 0 Å². The molecule has 1 N–H and O–H groups in total. The Labute approximate surface area is 115 Å². The molecule has 2 aliphatic rings. The van der Waals surface area contributed by atoms with Gasteiger partial charge in [0.1, 0.15) is 12.4 Å². The van der Waals surface area contributed by atoms with Crippen LogP contribution in [-0.4, -0.2) is 66.9 Å². The molecular weight excluding hydrogens is 286 g/mol. The number of fused-ring (bicyclic) bond motifs is 1. The zero-order chi connectivity index (χ0) is 14.9. The number of carbonyl (C=O) groups is 2. The van der Waals surface area contributed by atoms with Gasteiger partial charge in [0.25, 0.3) is 15.9 Å². The lowest BCUT2D eigenvalue weighted by Crippen LogP contribution is -2.39. The van der Waals surface area contributed by atoms with E-state index in [-0.39, 0.29) is 23.7 Å². The molecule has 0 saturated heterocycles. The van der Waals surface area contributed by atoms with E-state index in [1.807, 2.05) is 0 Å². The lowest BCUT2D eigenvalue weighted by atomic mass is 10.1. The normalized spacial score (nSPS) is 19.8. The van der Waals surface area contributed by atoms with Crippen LogP contribution in [-0.2, 0) is 19.6 Å². The molecule has 2 rings (SSSR count). The third kappa shape index (κ3) is 3.05. The summed E-state index contributed by atoms with van der Waals surface area (Å²) in [5, 5.41) is 8.65. The minimum atomic E-state index is -3.43. The van der Waals surface area contributed by atoms with Gasteiger partial charge in [-0.05, 0) is 12.2 Å². The first-order chi connectivity index (χ1) is 9.28. The number of rotatable bonds is 3. The van der Waals surface area contributed by atoms with E-state index in [2.05, 4.69) is 4.40 Å². The van der Waals surface area contributed by atoms with Crippen LogP contribution >= 0.6 is 0 Å². The molecule has 0 spiro atoms. The summed E-state index contributed by atoms with van der Waals surface area (Å²) in [6.45, 7) is -0.190. The van der Waals surface area contributed by atoms with Crippen molar-refractivity contribution in [3.8, 4) is 0 Å². The number of hydrogen-bond acceptors (Lipinski definition) is 5. The van der Waals surface area contributed by atoms with Gasteiger partial charge in [-0.3, -0.25) is 9.59 Å². The standard InChI is InChI=1S/C11H13N3O5S/c1-13(7-10(15)16)11(17)8-2-3-9-12-20(18,19)5-4-14(9)6-8/h2-3,6H,4-5,7H2,1H3,(H,15,16). The second-order valence-corrected chi connectivity index (χ2v) is 6.16. The Morgan fingerprint density at radius 2 is 2.15 bits per heavy atom. The van der Waals surface area contributed by atoms with Gasteiger partial charge in [0.15, 0.2) is 0 Å². The van der Waals surface area contributed by atoms with E-state index >= 15 is 0 Å². The molecule has 2 aliphatic heterocycles. The van der Waals surface area contributed by atoms with Crippen molar-refractivity contribution < 1.29 is 23.1 Å². The second kappa shape index (κ2) is 5.08. The number of carboxylic acid groups (broad SMARTS) is 1. The average molecular weight is 299 g/mol. The summed E-state index contributed by atoms with van der Waals surface area (Å²) in [6, 6.07) is 0. The van der Waals surface area contributed by atoms with Crippen molar-refractivity contribution in [3.63, 3.8) is 0 Å². The number of sulfonamides is 1. The van der Waals surface area contributed by atoms with Crippen molar-refractivity contribution in [2.75, 3.05) is 25.9 Å². The fraction of sp³-hybridized carbons (Fsp3) is 0.364. The number of nitrogens with zero attached hydrogens (tertiary/aromatic N) is 3. The monoisotopic (exact) mass is 299 g/mol.